The lowest BCUT2D eigenvalue weighted by molar-refractivity contribution is 0.520. The smallest absolute Gasteiger partial charge is 0.182 e. The van der Waals surface area contributed by atoms with Crippen molar-refractivity contribution in [3.63, 3.8) is 0 Å². The lowest BCUT2D eigenvalue weighted by atomic mass is 10.2. The topological polar surface area (TPSA) is 46.2 Å². The molecule has 0 saturated heterocycles. The number of hydrogen-bond donors (Lipinski definition) is 1. The van der Waals surface area contributed by atoms with Gasteiger partial charge in [-0.3, -0.25) is 0 Å². The Labute approximate surface area is 102 Å². The molecule has 0 radical (unpaired) electrons. The fourth-order valence-electron chi connectivity index (χ4n) is 1.62. The molecule has 1 aromatic rings. The van der Waals surface area contributed by atoms with Gasteiger partial charge in [-0.05, 0) is 38.6 Å². The van der Waals surface area contributed by atoms with Gasteiger partial charge < -0.3 is 5.32 Å². The van der Waals surface area contributed by atoms with Gasteiger partial charge in [0, 0.05) is 6.04 Å². The van der Waals surface area contributed by atoms with Crippen LogP contribution in [0.1, 0.15) is 20.8 Å². The predicted octanol–water partition coefficient (Wildman–Crippen LogP) is 1.99. The van der Waals surface area contributed by atoms with Gasteiger partial charge in [-0.2, -0.15) is 0 Å². The molecular weight excluding hydrogens is 241 g/mol. The van der Waals surface area contributed by atoms with Crippen molar-refractivity contribution in [3.8, 4) is 0 Å². The fourth-order valence-corrected chi connectivity index (χ4v) is 3.22. The van der Waals surface area contributed by atoms with Crippen molar-refractivity contribution in [2.24, 2.45) is 0 Å². The molecule has 1 N–H and O–H groups in total. The lowest BCUT2D eigenvalue weighted by Crippen LogP contribution is -2.40. The molecule has 5 heteroatoms. The van der Waals surface area contributed by atoms with E-state index in [-0.39, 0.29) is 10.9 Å². The molecule has 0 aliphatic heterocycles. The van der Waals surface area contributed by atoms with E-state index in [1.807, 2.05) is 13.8 Å². The molecule has 0 heterocycles. The summed E-state index contributed by atoms with van der Waals surface area (Å²) < 4.78 is 37.4. The van der Waals surface area contributed by atoms with E-state index < -0.39 is 20.9 Å². The van der Waals surface area contributed by atoms with Crippen molar-refractivity contribution in [1.29, 1.82) is 0 Å². The Hall–Kier alpha value is -0.940. The van der Waals surface area contributed by atoms with E-state index >= 15 is 0 Å². The zero-order chi connectivity index (χ0) is 13.1. The number of halogens is 1. The number of benzene rings is 1. The normalized spacial score (nSPS) is 15.5. The van der Waals surface area contributed by atoms with Crippen molar-refractivity contribution in [2.75, 3.05) is 6.54 Å². The summed E-state index contributed by atoms with van der Waals surface area (Å²) in [4.78, 5) is 0.0368. The minimum absolute atomic E-state index is 0.0368. The minimum atomic E-state index is -3.49. The summed E-state index contributed by atoms with van der Waals surface area (Å²) in [7, 11) is -3.49. The first-order chi connectivity index (χ1) is 7.89. The van der Waals surface area contributed by atoms with Crippen LogP contribution in [0.25, 0.3) is 0 Å². The first kappa shape index (κ1) is 14.1. The molecular formula is C12H18FNO2S. The standard InChI is InChI=1S/C12H18FNO2S/c1-4-14-9(2)10(3)17(15,16)12-7-5-6-11(13)8-12/h5-10,14H,4H2,1-3H3. The van der Waals surface area contributed by atoms with E-state index in [0.717, 1.165) is 6.07 Å². The number of rotatable bonds is 5. The summed E-state index contributed by atoms with van der Waals surface area (Å²) in [5.41, 5.74) is 0. The quantitative estimate of drug-likeness (QED) is 0.879. The van der Waals surface area contributed by atoms with Gasteiger partial charge in [-0.15, -0.1) is 0 Å². The number of sulfone groups is 1. The molecule has 1 aromatic carbocycles. The second-order valence-electron chi connectivity index (χ2n) is 4.05. The highest BCUT2D eigenvalue weighted by Crippen LogP contribution is 2.19. The van der Waals surface area contributed by atoms with Gasteiger partial charge in [0.15, 0.2) is 9.84 Å². The van der Waals surface area contributed by atoms with Crippen LogP contribution in [0.15, 0.2) is 29.2 Å². The number of hydrogen-bond acceptors (Lipinski definition) is 3. The third-order valence-electron chi connectivity index (χ3n) is 2.84. The Morgan fingerprint density at radius 1 is 1.35 bits per heavy atom. The van der Waals surface area contributed by atoms with Crippen LogP contribution >= 0.6 is 0 Å². The molecule has 0 aliphatic rings. The van der Waals surface area contributed by atoms with Crippen molar-refractivity contribution in [3.05, 3.63) is 30.1 Å². The first-order valence-corrected chi connectivity index (χ1v) is 7.17. The molecule has 96 valence electrons. The maximum atomic E-state index is 13.0. The molecule has 0 aromatic heterocycles. The zero-order valence-corrected chi connectivity index (χ0v) is 11.1. The van der Waals surface area contributed by atoms with Crippen LogP contribution in [-0.2, 0) is 9.84 Å². The Kier molecular flexibility index (Phi) is 4.65. The second kappa shape index (κ2) is 5.60. The van der Waals surface area contributed by atoms with Gasteiger partial charge in [0.05, 0.1) is 10.1 Å². The first-order valence-electron chi connectivity index (χ1n) is 5.62. The molecule has 17 heavy (non-hydrogen) atoms. The van der Waals surface area contributed by atoms with Gasteiger partial charge in [-0.25, -0.2) is 12.8 Å². The molecule has 3 nitrogen and oxygen atoms in total. The van der Waals surface area contributed by atoms with E-state index in [4.69, 9.17) is 0 Å². The second-order valence-corrected chi connectivity index (χ2v) is 6.36. The summed E-state index contributed by atoms with van der Waals surface area (Å²) in [6, 6.07) is 4.95. The van der Waals surface area contributed by atoms with Crippen LogP contribution in [0, 0.1) is 5.82 Å². The predicted molar refractivity (Wildman–Crippen MR) is 66.2 cm³/mol. The van der Waals surface area contributed by atoms with Gasteiger partial charge in [-0.1, -0.05) is 13.0 Å². The van der Waals surface area contributed by atoms with Crippen molar-refractivity contribution in [2.45, 2.75) is 37.0 Å². The third kappa shape index (κ3) is 3.26. The Morgan fingerprint density at radius 3 is 2.53 bits per heavy atom. The summed E-state index contributed by atoms with van der Waals surface area (Å²) in [5, 5.41) is 2.47. The van der Waals surface area contributed by atoms with Crippen LogP contribution < -0.4 is 5.32 Å². The average Bonchev–Trinajstić information content (AvgIpc) is 2.28. The van der Waals surface area contributed by atoms with Crippen molar-refractivity contribution >= 4 is 9.84 Å². The Morgan fingerprint density at radius 2 is 2.00 bits per heavy atom. The molecule has 0 spiro atoms. The summed E-state index contributed by atoms with van der Waals surface area (Å²) in [5.74, 6) is -0.533. The molecule has 2 atom stereocenters. The summed E-state index contributed by atoms with van der Waals surface area (Å²) in [6.07, 6.45) is 0. The fraction of sp³-hybridized carbons (Fsp3) is 0.500. The molecule has 0 bridgehead atoms. The summed E-state index contributed by atoms with van der Waals surface area (Å²) in [6.45, 7) is 6.06. The highest BCUT2D eigenvalue weighted by Gasteiger charge is 2.27. The molecule has 1 rings (SSSR count). The van der Waals surface area contributed by atoms with E-state index in [0.29, 0.717) is 6.54 Å². The Bertz CT molecular complexity index is 473. The van der Waals surface area contributed by atoms with Crippen LogP contribution in [0.5, 0.6) is 0 Å². The van der Waals surface area contributed by atoms with Crippen LogP contribution in [0.4, 0.5) is 4.39 Å². The van der Waals surface area contributed by atoms with Crippen LogP contribution in [-0.4, -0.2) is 26.3 Å². The van der Waals surface area contributed by atoms with Crippen LogP contribution in [0.3, 0.4) is 0 Å². The molecule has 0 amide bonds. The van der Waals surface area contributed by atoms with Gasteiger partial charge >= 0.3 is 0 Å². The third-order valence-corrected chi connectivity index (χ3v) is 5.14. The van der Waals surface area contributed by atoms with Gasteiger partial charge in [0.2, 0.25) is 0 Å². The zero-order valence-electron chi connectivity index (χ0n) is 10.3. The molecule has 0 aliphatic carbocycles. The van der Waals surface area contributed by atoms with Crippen molar-refractivity contribution in [1.82, 2.24) is 5.32 Å². The lowest BCUT2D eigenvalue weighted by Gasteiger charge is -2.20. The maximum absolute atomic E-state index is 13.0. The molecule has 0 fully saturated rings. The SMILES string of the molecule is CCNC(C)C(C)S(=O)(=O)c1cccc(F)c1. The van der Waals surface area contributed by atoms with Crippen LogP contribution in [0.2, 0.25) is 0 Å². The van der Waals surface area contributed by atoms with Gasteiger partial charge in [0.1, 0.15) is 5.82 Å². The summed E-state index contributed by atoms with van der Waals surface area (Å²) >= 11 is 0. The number of nitrogens with one attached hydrogen (secondary N) is 1. The van der Waals surface area contributed by atoms with E-state index in [1.165, 1.54) is 18.2 Å². The average molecular weight is 259 g/mol. The van der Waals surface area contributed by atoms with E-state index in [9.17, 15) is 12.8 Å². The monoisotopic (exact) mass is 259 g/mol. The van der Waals surface area contributed by atoms with E-state index in [1.54, 1.807) is 6.92 Å². The molecule has 2 unspecified atom stereocenters. The Balaban J connectivity index is 3.03. The maximum Gasteiger partial charge on any atom is 0.182 e. The highest BCUT2D eigenvalue weighted by molar-refractivity contribution is 7.92. The largest absolute Gasteiger partial charge is 0.313 e. The van der Waals surface area contributed by atoms with E-state index in [2.05, 4.69) is 5.32 Å². The molecule has 0 saturated carbocycles. The highest BCUT2D eigenvalue weighted by atomic mass is 32.2. The van der Waals surface area contributed by atoms with Crippen molar-refractivity contribution < 1.29 is 12.8 Å². The minimum Gasteiger partial charge on any atom is -0.313 e. The van der Waals surface area contributed by atoms with Gasteiger partial charge in [0.25, 0.3) is 0 Å².